The van der Waals surface area contributed by atoms with E-state index in [0.29, 0.717) is 11.6 Å². The fourth-order valence-electron chi connectivity index (χ4n) is 2.98. The van der Waals surface area contributed by atoms with Gasteiger partial charge < -0.3 is 9.64 Å². The number of benzene rings is 2. The molecule has 2 aromatic rings. The summed E-state index contributed by atoms with van der Waals surface area (Å²) in [6.07, 6.45) is 3.94. The molecule has 0 saturated carbocycles. The number of nitrogens with zero attached hydrogens (tertiary/aromatic N) is 2. The Balaban J connectivity index is 1.82. The first-order valence-electron chi connectivity index (χ1n) is 7.93. The summed E-state index contributed by atoms with van der Waals surface area (Å²) in [4.78, 5) is 18.9. The lowest BCUT2D eigenvalue weighted by Crippen LogP contribution is -2.26. The highest BCUT2D eigenvalue weighted by Gasteiger charge is 2.30. The highest BCUT2D eigenvalue weighted by atomic mass is 16.6. The molecule has 0 unspecified atom stereocenters. The number of allylic oxidation sites excluding steroid dienone is 1. The van der Waals surface area contributed by atoms with E-state index in [2.05, 4.69) is 22.9 Å². The number of fused-ring (bicyclic) bond motifs is 1. The number of anilines is 1. The van der Waals surface area contributed by atoms with Gasteiger partial charge in [0.25, 0.3) is 0 Å². The highest BCUT2D eigenvalue weighted by Crippen LogP contribution is 2.33. The Hall–Kier alpha value is -3.14. The Morgan fingerprint density at radius 1 is 1.00 bits per heavy atom. The van der Waals surface area contributed by atoms with Crippen molar-refractivity contribution < 1.29 is 9.53 Å². The third-order valence-electron chi connectivity index (χ3n) is 4.11. The van der Waals surface area contributed by atoms with Gasteiger partial charge in [-0.25, -0.2) is 9.79 Å². The fourth-order valence-corrected chi connectivity index (χ4v) is 2.98. The van der Waals surface area contributed by atoms with Crippen LogP contribution in [0.2, 0.25) is 0 Å². The second-order valence-electron chi connectivity index (χ2n) is 5.54. The van der Waals surface area contributed by atoms with E-state index in [1.165, 1.54) is 0 Å². The molecule has 0 amide bonds. The molecule has 0 bridgehead atoms. The number of cyclic esters (lactones) is 1. The van der Waals surface area contributed by atoms with Crippen LogP contribution in [0.5, 0.6) is 0 Å². The first-order chi connectivity index (χ1) is 11.8. The van der Waals surface area contributed by atoms with Crippen LogP contribution < -0.4 is 4.90 Å². The summed E-state index contributed by atoms with van der Waals surface area (Å²) < 4.78 is 5.39. The smallest absolute Gasteiger partial charge is 0.366 e. The SMILES string of the molecule is CCN1/C(=C2\N=C(c3ccccc3)OC2=O)C=Cc2ccccc21. The zero-order valence-corrected chi connectivity index (χ0v) is 13.3. The van der Waals surface area contributed by atoms with E-state index >= 15 is 0 Å². The van der Waals surface area contributed by atoms with Crippen molar-refractivity contribution in [2.75, 3.05) is 11.4 Å². The van der Waals surface area contributed by atoms with Gasteiger partial charge in [-0.3, -0.25) is 0 Å². The molecule has 0 saturated heterocycles. The van der Waals surface area contributed by atoms with Crippen LogP contribution in [0, 0.1) is 0 Å². The van der Waals surface area contributed by atoms with Gasteiger partial charge >= 0.3 is 5.97 Å². The molecule has 0 N–H and O–H groups in total. The number of likely N-dealkylation sites (N-methyl/N-ethyl adjacent to an activating group) is 1. The van der Waals surface area contributed by atoms with Gasteiger partial charge in [0.1, 0.15) is 0 Å². The van der Waals surface area contributed by atoms with E-state index in [9.17, 15) is 4.79 Å². The average Bonchev–Trinajstić information content (AvgIpc) is 3.03. The van der Waals surface area contributed by atoms with E-state index in [0.717, 1.165) is 29.1 Å². The number of rotatable bonds is 2. The molecule has 0 fully saturated rings. The van der Waals surface area contributed by atoms with Gasteiger partial charge in [-0.2, -0.15) is 0 Å². The lowest BCUT2D eigenvalue weighted by atomic mass is 10.0. The van der Waals surface area contributed by atoms with Crippen molar-refractivity contribution in [1.29, 1.82) is 0 Å². The van der Waals surface area contributed by atoms with Crippen molar-refractivity contribution in [3.8, 4) is 0 Å². The number of aliphatic imine (C=N–C) groups is 1. The molecule has 0 aliphatic carbocycles. The van der Waals surface area contributed by atoms with Crippen molar-refractivity contribution in [3.63, 3.8) is 0 Å². The quantitative estimate of drug-likeness (QED) is 0.626. The van der Waals surface area contributed by atoms with Crippen molar-refractivity contribution in [3.05, 3.63) is 83.2 Å². The number of para-hydroxylation sites is 1. The molecular formula is C20H16N2O2. The molecule has 4 heteroatoms. The van der Waals surface area contributed by atoms with Crippen LogP contribution in [-0.2, 0) is 9.53 Å². The van der Waals surface area contributed by atoms with Crippen LogP contribution >= 0.6 is 0 Å². The molecule has 0 atom stereocenters. The molecule has 0 aromatic heterocycles. The average molecular weight is 316 g/mol. The predicted molar refractivity (Wildman–Crippen MR) is 94.6 cm³/mol. The Morgan fingerprint density at radius 2 is 1.75 bits per heavy atom. The summed E-state index contributed by atoms with van der Waals surface area (Å²) in [7, 11) is 0. The monoisotopic (exact) mass is 316 g/mol. The summed E-state index contributed by atoms with van der Waals surface area (Å²) in [5.41, 5.74) is 4.11. The zero-order chi connectivity index (χ0) is 16.5. The lowest BCUT2D eigenvalue weighted by molar-refractivity contribution is -0.130. The van der Waals surface area contributed by atoms with E-state index < -0.39 is 5.97 Å². The topological polar surface area (TPSA) is 41.9 Å². The van der Waals surface area contributed by atoms with Crippen LogP contribution in [0.3, 0.4) is 0 Å². The number of carbonyl (C=O) groups is 1. The third kappa shape index (κ3) is 2.33. The van der Waals surface area contributed by atoms with Gasteiger partial charge in [0.2, 0.25) is 5.90 Å². The summed E-state index contributed by atoms with van der Waals surface area (Å²) in [5, 5.41) is 0. The number of carbonyl (C=O) groups excluding carboxylic acids is 1. The first-order valence-corrected chi connectivity index (χ1v) is 7.93. The largest absolute Gasteiger partial charge is 0.402 e. The summed E-state index contributed by atoms with van der Waals surface area (Å²) >= 11 is 0. The molecular weight excluding hydrogens is 300 g/mol. The van der Waals surface area contributed by atoms with Gasteiger partial charge in [0, 0.05) is 17.8 Å². The second kappa shape index (κ2) is 5.81. The first kappa shape index (κ1) is 14.5. The molecule has 24 heavy (non-hydrogen) atoms. The molecule has 2 aliphatic rings. The number of esters is 1. The van der Waals surface area contributed by atoms with Crippen molar-refractivity contribution in [1.82, 2.24) is 0 Å². The Bertz CT molecular complexity index is 895. The summed E-state index contributed by atoms with van der Waals surface area (Å²) in [6, 6.07) is 17.6. The highest BCUT2D eigenvalue weighted by molar-refractivity contribution is 6.12. The number of hydrogen-bond acceptors (Lipinski definition) is 4. The van der Waals surface area contributed by atoms with Gasteiger partial charge in [-0.05, 0) is 36.8 Å². The van der Waals surface area contributed by atoms with Crippen LogP contribution in [-0.4, -0.2) is 18.4 Å². The Labute approximate surface area is 140 Å². The minimum absolute atomic E-state index is 0.349. The van der Waals surface area contributed by atoms with Crippen molar-refractivity contribution >= 4 is 23.6 Å². The number of hydrogen-bond donors (Lipinski definition) is 0. The second-order valence-corrected chi connectivity index (χ2v) is 5.54. The van der Waals surface area contributed by atoms with Crippen LogP contribution in [0.25, 0.3) is 6.08 Å². The summed E-state index contributed by atoms with van der Waals surface area (Å²) in [5.74, 6) is -0.0576. The zero-order valence-electron chi connectivity index (χ0n) is 13.3. The predicted octanol–water partition coefficient (Wildman–Crippen LogP) is 3.75. The van der Waals surface area contributed by atoms with E-state index in [-0.39, 0.29) is 0 Å². The lowest BCUT2D eigenvalue weighted by Gasteiger charge is -2.29. The van der Waals surface area contributed by atoms with Crippen molar-refractivity contribution in [2.45, 2.75) is 6.92 Å². The van der Waals surface area contributed by atoms with E-state index in [1.807, 2.05) is 60.7 Å². The molecule has 0 radical (unpaired) electrons. The molecule has 4 nitrogen and oxygen atoms in total. The van der Waals surface area contributed by atoms with E-state index in [1.54, 1.807) is 0 Å². The molecule has 4 rings (SSSR count). The van der Waals surface area contributed by atoms with E-state index in [4.69, 9.17) is 4.74 Å². The van der Waals surface area contributed by atoms with Crippen molar-refractivity contribution in [2.24, 2.45) is 4.99 Å². The molecule has 2 aliphatic heterocycles. The van der Waals surface area contributed by atoms with Crippen LogP contribution in [0.4, 0.5) is 5.69 Å². The number of ether oxygens (including phenoxy) is 1. The van der Waals surface area contributed by atoms with Crippen LogP contribution in [0.1, 0.15) is 18.1 Å². The molecule has 2 heterocycles. The molecule has 2 aromatic carbocycles. The summed E-state index contributed by atoms with van der Waals surface area (Å²) in [6.45, 7) is 2.79. The van der Waals surface area contributed by atoms with Gasteiger partial charge in [-0.15, -0.1) is 0 Å². The van der Waals surface area contributed by atoms with Gasteiger partial charge in [0.05, 0.1) is 5.70 Å². The normalized spacial score (nSPS) is 19.1. The maximum absolute atomic E-state index is 12.4. The maximum Gasteiger partial charge on any atom is 0.366 e. The van der Waals surface area contributed by atoms with Crippen LogP contribution in [0.15, 0.2) is 77.1 Å². The molecule has 0 spiro atoms. The standard InChI is InChI=1S/C20H16N2O2/c1-2-22-16-11-7-6-8-14(16)12-13-17(22)18-20(23)24-19(21-18)15-9-4-3-5-10-15/h3-13H,2H2,1H3/b18-17-. The minimum atomic E-state index is -0.411. The third-order valence-corrected chi connectivity index (χ3v) is 4.11. The molecule has 118 valence electrons. The van der Waals surface area contributed by atoms with Gasteiger partial charge in [-0.1, -0.05) is 42.5 Å². The maximum atomic E-state index is 12.4. The Morgan fingerprint density at radius 3 is 2.54 bits per heavy atom. The van der Waals surface area contributed by atoms with Gasteiger partial charge in [0.15, 0.2) is 5.70 Å². The fraction of sp³-hybridized carbons (Fsp3) is 0.100. The Kier molecular flexibility index (Phi) is 3.50. The minimum Gasteiger partial charge on any atom is -0.402 e.